The van der Waals surface area contributed by atoms with Gasteiger partial charge in [-0.3, -0.25) is 0 Å². The molecule has 90 valence electrons. The van der Waals surface area contributed by atoms with Gasteiger partial charge in [0.05, 0.1) is 0 Å². The van der Waals surface area contributed by atoms with E-state index < -0.39 is 0 Å². The van der Waals surface area contributed by atoms with Crippen molar-refractivity contribution in [3.05, 3.63) is 65.3 Å². The summed E-state index contributed by atoms with van der Waals surface area (Å²) < 4.78 is 0. The van der Waals surface area contributed by atoms with Crippen LogP contribution in [-0.4, -0.2) is 0 Å². The van der Waals surface area contributed by atoms with Crippen LogP contribution in [0.15, 0.2) is 48.6 Å². The molecule has 0 aliphatic heterocycles. The number of aryl methyl sites for hydroxylation is 2. The highest BCUT2D eigenvalue weighted by Gasteiger charge is 2.12. The average molecular weight is 226 g/mol. The first-order chi connectivity index (χ1) is 7.70. The highest BCUT2D eigenvalue weighted by atomic mass is 14.2. The molecule has 17 heavy (non-hydrogen) atoms. The first-order valence-corrected chi connectivity index (χ1v) is 5.80. The molecule has 1 aromatic rings. The highest BCUT2D eigenvalue weighted by Crippen LogP contribution is 2.27. The minimum absolute atomic E-state index is 0. The van der Waals surface area contributed by atoms with Gasteiger partial charge in [0.15, 0.2) is 0 Å². The first-order valence-electron chi connectivity index (χ1n) is 5.80. The van der Waals surface area contributed by atoms with Crippen molar-refractivity contribution in [3.63, 3.8) is 0 Å². The van der Waals surface area contributed by atoms with Crippen molar-refractivity contribution < 1.29 is 0 Å². The molecule has 0 amide bonds. The number of benzene rings is 1. The van der Waals surface area contributed by atoms with Gasteiger partial charge in [-0.2, -0.15) is 0 Å². The van der Waals surface area contributed by atoms with E-state index >= 15 is 0 Å². The van der Waals surface area contributed by atoms with E-state index in [0.717, 1.165) is 0 Å². The molecule has 0 unspecified atom stereocenters. The van der Waals surface area contributed by atoms with Gasteiger partial charge in [-0.25, -0.2) is 0 Å². The summed E-state index contributed by atoms with van der Waals surface area (Å²) in [4.78, 5) is 0. The summed E-state index contributed by atoms with van der Waals surface area (Å²) in [7, 11) is 0. The molecular weight excluding hydrogens is 204 g/mol. The number of allylic oxidation sites excluding steroid dienone is 5. The normalized spacial score (nSPS) is 14.5. The van der Waals surface area contributed by atoms with Gasteiger partial charge in [-0.05, 0) is 49.0 Å². The van der Waals surface area contributed by atoms with Gasteiger partial charge in [-0.1, -0.05) is 56.0 Å². The zero-order valence-corrected chi connectivity index (χ0v) is 10.1. The van der Waals surface area contributed by atoms with E-state index in [2.05, 4.69) is 44.7 Å². The van der Waals surface area contributed by atoms with E-state index in [-0.39, 0.29) is 7.43 Å². The number of hydrogen-bond acceptors (Lipinski definition) is 0. The predicted octanol–water partition coefficient (Wildman–Crippen LogP) is 4.96. The van der Waals surface area contributed by atoms with Crippen LogP contribution in [0.4, 0.5) is 0 Å². The molecule has 0 heterocycles. The quantitative estimate of drug-likeness (QED) is 0.639. The lowest BCUT2D eigenvalue weighted by molar-refractivity contribution is 0.838. The molecule has 0 heteroatoms. The van der Waals surface area contributed by atoms with E-state index in [4.69, 9.17) is 0 Å². The Balaban J connectivity index is 0.00000144. The van der Waals surface area contributed by atoms with Crippen LogP contribution < -0.4 is 0 Å². The maximum Gasteiger partial charge on any atom is -0.0224 e. The second kappa shape index (κ2) is 5.67. The third kappa shape index (κ3) is 2.97. The lowest BCUT2D eigenvalue weighted by Crippen LogP contribution is -2.07. The number of rotatable bonds is 3. The molecule has 0 spiro atoms. The summed E-state index contributed by atoms with van der Waals surface area (Å²) in [5.74, 6) is 0. The minimum Gasteiger partial charge on any atom is -0.0991 e. The van der Waals surface area contributed by atoms with Crippen LogP contribution in [0.1, 0.15) is 38.0 Å². The zero-order valence-electron chi connectivity index (χ0n) is 10.1. The fourth-order valence-corrected chi connectivity index (χ4v) is 2.10. The fourth-order valence-electron chi connectivity index (χ4n) is 2.10. The van der Waals surface area contributed by atoms with Gasteiger partial charge in [-0.15, -0.1) is 0 Å². The van der Waals surface area contributed by atoms with Crippen LogP contribution in [-0.2, 0) is 12.8 Å². The smallest absolute Gasteiger partial charge is 0.0224 e. The molecule has 0 radical (unpaired) electrons. The Labute approximate surface area is 105 Å². The minimum atomic E-state index is 0. The highest BCUT2D eigenvalue weighted by molar-refractivity contribution is 5.68. The number of fused-ring (bicyclic) bond motifs is 1. The topological polar surface area (TPSA) is 0 Å². The summed E-state index contributed by atoms with van der Waals surface area (Å²) in [5, 5.41) is 0. The molecule has 2 rings (SSSR count). The summed E-state index contributed by atoms with van der Waals surface area (Å²) in [6.07, 6.45) is 8.58. The molecule has 1 aliphatic rings. The van der Waals surface area contributed by atoms with Gasteiger partial charge >= 0.3 is 0 Å². The maximum atomic E-state index is 3.71. The van der Waals surface area contributed by atoms with Crippen LogP contribution in [0.2, 0.25) is 0 Å². The van der Waals surface area contributed by atoms with Gasteiger partial charge in [0.1, 0.15) is 0 Å². The van der Waals surface area contributed by atoms with Crippen molar-refractivity contribution in [1.82, 2.24) is 0 Å². The molecule has 0 atom stereocenters. The summed E-state index contributed by atoms with van der Waals surface area (Å²) in [6, 6.07) is 6.81. The standard InChI is InChI=1S/C16H18.CH4/c1-4-5-12(2)10-13(3)15-8-6-14-7-9-16(14)11-15;/h4-6,8,10-11H,1,7,9H2,2-3H3;1H4/b12-5-,13-10+;. The molecule has 0 nitrogen and oxygen atoms in total. The predicted molar refractivity (Wildman–Crippen MR) is 78.2 cm³/mol. The lowest BCUT2D eigenvalue weighted by atomic mass is 9.86. The molecule has 0 saturated carbocycles. The Kier molecular flexibility index (Phi) is 4.51. The Morgan fingerprint density at radius 3 is 2.41 bits per heavy atom. The molecule has 1 aliphatic carbocycles. The van der Waals surface area contributed by atoms with E-state index in [1.165, 1.54) is 40.7 Å². The Morgan fingerprint density at radius 2 is 1.88 bits per heavy atom. The Morgan fingerprint density at radius 1 is 1.18 bits per heavy atom. The SMILES string of the molecule is C.C=C/C=C(C)\C=C(/C)c1ccc2c(c1)CC2. The number of hydrogen-bond donors (Lipinski definition) is 0. The van der Waals surface area contributed by atoms with Crippen LogP contribution in [0.25, 0.3) is 5.57 Å². The van der Waals surface area contributed by atoms with Gasteiger partial charge < -0.3 is 0 Å². The van der Waals surface area contributed by atoms with Crippen LogP contribution in [0, 0.1) is 0 Å². The van der Waals surface area contributed by atoms with E-state index in [1.807, 2.05) is 12.2 Å². The fraction of sp³-hybridized carbons (Fsp3) is 0.294. The molecule has 1 aromatic carbocycles. The van der Waals surface area contributed by atoms with Crippen molar-refractivity contribution >= 4 is 5.57 Å². The Hall–Kier alpha value is -1.56. The summed E-state index contributed by atoms with van der Waals surface area (Å²) in [6.45, 7) is 7.98. The van der Waals surface area contributed by atoms with Crippen LogP contribution >= 0.6 is 0 Å². The second-order valence-electron chi connectivity index (χ2n) is 4.46. The maximum absolute atomic E-state index is 3.71. The van der Waals surface area contributed by atoms with Crippen molar-refractivity contribution in [2.24, 2.45) is 0 Å². The first kappa shape index (κ1) is 13.5. The third-order valence-corrected chi connectivity index (χ3v) is 3.15. The molecule has 0 N–H and O–H groups in total. The van der Waals surface area contributed by atoms with Crippen LogP contribution in [0.5, 0.6) is 0 Å². The van der Waals surface area contributed by atoms with E-state index in [0.29, 0.717) is 0 Å². The second-order valence-corrected chi connectivity index (χ2v) is 4.46. The lowest BCUT2D eigenvalue weighted by Gasteiger charge is -2.19. The molecular formula is C17H22. The van der Waals surface area contributed by atoms with Gasteiger partial charge in [0, 0.05) is 0 Å². The largest absolute Gasteiger partial charge is 0.0991 e. The molecule has 0 fully saturated rings. The van der Waals surface area contributed by atoms with Gasteiger partial charge in [0.2, 0.25) is 0 Å². The van der Waals surface area contributed by atoms with E-state index in [1.54, 1.807) is 0 Å². The molecule has 0 aromatic heterocycles. The summed E-state index contributed by atoms with van der Waals surface area (Å²) in [5.41, 5.74) is 6.96. The monoisotopic (exact) mass is 226 g/mol. The average Bonchev–Trinajstić information content (AvgIpc) is 2.20. The van der Waals surface area contributed by atoms with E-state index in [9.17, 15) is 0 Å². The zero-order chi connectivity index (χ0) is 11.5. The molecule has 0 saturated heterocycles. The van der Waals surface area contributed by atoms with Crippen molar-refractivity contribution in [3.8, 4) is 0 Å². The van der Waals surface area contributed by atoms with Gasteiger partial charge in [0.25, 0.3) is 0 Å². The van der Waals surface area contributed by atoms with Crippen molar-refractivity contribution in [2.75, 3.05) is 0 Å². The van der Waals surface area contributed by atoms with Crippen LogP contribution in [0.3, 0.4) is 0 Å². The summed E-state index contributed by atoms with van der Waals surface area (Å²) >= 11 is 0. The van der Waals surface area contributed by atoms with Crippen molar-refractivity contribution in [1.29, 1.82) is 0 Å². The third-order valence-electron chi connectivity index (χ3n) is 3.15. The Bertz CT molecular complexity index is 473. The molecule has 0 bridgehead atoms. The van der Waals surface area contributed by atoms with Crippen molar-refractivity contribution in [2.45, 2.75) is 34.1 Å².